The molecule has 178 valence electrons. The molecular formula is C25H25F3N4O2. The number of pyridine rings is 2. The molecule has 0 bridgehead atoms. The summed E-state index contributed by atoms with van der Waals surface area (Å²) in [6.07, 6.45) is 0.994. The zero-order valence-electron chi connectivity index (χ0n) is 18.5. The molecule has 0 spiro atoms. The topological polar surface area (TPSA) is 58.6 Å². The zero-order valence-corrected chi connectivity index (χ0v) is 18.5. The van der Waals surface area contributed by atoms with Gasteiger partial charge in [-0.15, -0.1) is 0 Å². The first-order chi connectivity index (χ1) is 16.4. The molecule has 0 aliphatic carbocycles. The van der Waals surface area contributed by atoms with E-state index in [1.807, 2.05) is 12.3 Å². The number of rotatable bonds is 6. The smallest absolute Gasteiger partial charge is 0.410 e. The third kappa shape index (κ3) is 6.54. The highest BCUT2D eigenvalue weighted by atomic mass is 19.4. The van der Waals surface area contributed by atoms with Crippen LogP contribution < -0.4 is 4.74 Å². The van der Waals surface area contributed by atoms with Crippen LogP contribution in [0.25, 0.3) is 0 Å². The largest absolute Gasteiger partial charge is 0.417 e. The summed E-state index contributed by atoms with van der Waals surface area (Å²) in [4.78, 5) is 24.6. The van der Waals surface area contributed by atoms with Crippen molar-refractivity contribution >= 4 is 6.09 Å². The van der Waals surface area contributed by atoms with Gasteiger partial charge in [-0.25, -0.2) is 4.79 Å². The maximum atomic E-state index is 12.7. The van der Waals surface area contributed by atoms with Crippen LogP contribution in [0.15, 0.2) is 67.1 Å². The zero-order chi connectivity index (χ0) is 24.0. The first kappa shape index (κ1) is 23.7. The fraction of sp³-hybridized carbons (Fsp3) is 0.320. The SMILES string of the molecule is O=C(Oc1ccc(Cc2ccc(C(F)(F)F)cn2)cc1)N1CCN(CCc2cccnc2)CC1. The molecule has 0 N–H and O–H groups in total. The highest BCUT2D eigenvalue weighted by molar-refractivity contribution is 5.70. The standard InChI is InChI=1S/C25H25F3N4O2/c26-25(27,28)21-5-6-22(30-18-21)16-19-3-7-23(8-4-19)34-24(33)32-14-12-31(13-15-32)11-9-20-2-1-10-29-17-20/h1-8,10,17-18H,9,11-16H2. The maximum absolute atomic E-state index is 12.7. The summed E-state index contributed by atoms with van der Waals surface area (Å²) in [6.45, 7) is 3.69. The number of alkyl halides is 3. The molecule has 3 aromatic rings. The fourth-order valence-corrected chi connectivity index (χ4v) is 3.73. The second-order valence-corrected chi connectivity index (χ2v) is 8.16. The lowest BCUT2D eigenvalue weighted by atomic mass is 10.1. The molecule has 0 unspecified atom stereocenters. The molecule has 0 saturated carbocycles. The molecule has 1 fully saturated rings. The lowest BCUT2D eigenvalue weighted by molar-refractivity contribution is -0.137. The lowest BCUT2D eigenvalue weighted by Gasteiger charge is -2.34. The number of carbonyl (C=O) groups is 1. The van der Waals surface area contributed by atoms with Crippen LogP contribution in [0.4, 0.5) is 18.0 Å². The first-order valence-electron chi connectivity index (χ1n) is 11.1. The van der Waals surface area contributed by atoms with Crippen LogP contribution in [0.1, 0.15) is 22.4 Å². The highest BCUT2D eigenvalue weighted by Gasteiger charge is 2.30. The van der Waals surface area contributed by atoms with Crippen molar-refractivity contribution in [2.45, 2.75) is 19.0 Å². The van der Waals surface area contributed by atoms with Crippen molar-refractivity contribution in [3.8, 4) is 5.75 Å². The summed E-state index contributed by atoms with van der Waals surface area (Å²) in [5.41, 5.74) is 1.81. The minimum atomic E-state index is -4.40. The third-order valence-electron chi connectivity index (χ3n) is 5.74. The van der Waals surface area contributed by atoms with Crippen molar-refractivity contribution in [1.82, 2.24) is 19.8 Å². The molecule has 34 heavy (non-hydrogen) atoms. The van der Waals surface area contributed by atoms with E-state index in [1.54, 1.807) is 35.4 Å². The van der Waals surface area contributed by atoms with Gasteiger partial charge in [0.25, 0.3) is 0 Å². The molecule has 4 rings (SSSR count). The van der Waals surface area contributed by atoms with Gasteiger partial charge in [0.15, 0.2) is 0 Å². The number of piperazine rings is 1. The summed E-state index contributed by atoms with van der Waals surface area (Å²) in [7, 11) is 0. The summed E-state index contributed by atoms with van der Waals surface area (Å²) in [6, 6.07) is 13.3. The minimum absolute atomic E-state index is 0.382. The Balaban J connectivity index is 1.22. The van der Waals surface area contributed by atoms with E-state index in [4.69, 9.17) is 4.74 Å². The van der Waals surface area contributed by atoms with Gasteiger partial charge in [-0.3, -0.25) is 14.9 Å². The second kappa shape index (κ2) is 10.6. The summed E-state index contributed by atoms with van der Waals surface area (Å²) < 4.78 is 43.5. The number of carbonyl (C=O) groups excluding carboxylic acids is 1. The number of ether oxygens (including phenoxy) is 1. The van der Waals surface area contributed by atoms with Crippen molar-refractivity contribution in [3.63, 3.8) is 0 Å². The quantitative estimate of drug-likeness (QED) is 0.533. The Morgan fingerprint density at radius 1 is 0.941 bits per heavy atom. The van der Waals surface area contributed by atoms with Gasteiger partial charge in [0.1, 0.15) is 5.75 Å². The van der Waals surface area contributed by atoms with Gasteiger partial charge in [-0.05, 0) is 47.9 Å². The average Bonchev–Trinajstić information content (AvgIpc) is 2.85. The fourth-order valence-electron chi connectivity index (χ4n) is 3.73. The predicted molar refractivity (Wildman–Crippen MR) is 120 cm³/mol. The van der Waals surface area contributed by atoms with E-state index in [0.29, 0.717) is 31.0 Å². The number of aromatic nitrogens is 2. The van der Waals surface area contributed by atoms with Gasteiger partial charge < -0.3 is 9.64 Å². The molecule has 2 aromatic heterocycles. The third-order valence-corrected chi connectivity index (χ3v) is 5.74. The molecule has 0 atom stereocenters. The normalized spacial score (nSPS) is 14.7. The van der Waals surface area contributed by atoms with Crippen molar-refractivity contribution in [1.29, 1.82) is 0 Å². The van der Waals surface area contributed by atoms with Crippen LogP contribution in [0, 0.1) is 0 Å². The monoisotopic (exact) mass is 470 g/mol. The van der Waals surface area contributed by atoms with Crippen LogP contribution in [-0.2, 0) is 19.0 Å². The van der Waals surface area contributed by atoms with Gasteiger partial charge in [0.05, 0.1) is 5.56 Å². The van der Waals surface area contributed by atoms with Gasteiger partial charge in [-0.2, -0.15) is 13.2 Å². The van der Waals surface area contributed by atoms with Crippen LogP contribution in [0.3, 0.4) is 0 Å². The molecular weight excluding hydrogens is 445 g/mol. The minimum Gasteiger partial charge on any atom is -0.410 e. The Labute approximate surface area is 196 Å². The van der Waals surface area contributed by atoms with Gasteiger partial charge >= 0.3 is 12.3 Å². The molecule has 1 amide bonds. The Hall–Kier alpha value is -3.46. The Morgan fingerprint density at radius 3 is 2.32 bits per heavy atom. The summed E-state index contributed by atoms with van der Waals surface area (Å²) in [5, 5.41) is 0. The molecule has 6 nitrogen and oxygen atoms in total. The first-order valence-corrected chi connectivity index (χ1v) is 11.1. The Kier molecular flexibility index (Phi) is 7.42. The number of nitrogens with zero attached hydrogens (tertiary/aromatic N) is 4. The van der Waals surface area contributed by atoms with Crippen molar-refractivity contribution in [2.24, 2.45) is 0 Å². The Morgan fingerprint density at radius 2 is 1.71 bits per heavy atom. The van der Waals surface area contributed by atoms with E-state index in [1.165, 1.54) is 11.6 Å². The van der Waals surface area contributed by atoms with Crippen LogP contribution in [0.5, 0.6) is 5.75 Å². The van der Waals surface area contributed by atoms with E-state index >= 15 is 0 Å². The van der Waals surface area contributed by atoms with Gasteiger partial charge in [-0.1, -0.05) is 18.2 Å². The van der Waals surface area contributed by atoms with Crippen LogP contribution >= 0.6 is 0 Å². The molecule has 3 heterocycles. The maximum Gasteiger partial charge on any atom is 0.417 e. The molecule has 1 aromatic carbocycles. The van der Waals surface area contributed by atoms with E-state index in [-0.39, 0.29) is 6.09 Å². The molecule has 1 aliphatic heterocycles. The summed E-state index contributed by atoms with van der Waals surface area (Å²) >= 11 is 0. The van der Waals surface area contributed by atoms with Crippen molar-refractivity contribution in [3.05, 3.63) is 89.5 Å². The second-order valence-electron chi connectivity index (χ2n) is 8.16. The number of hydrogen-bond donors (Lipinski definition) is 0. The van der Waals surface area contributed by atoms with Crippen LogP contribution in [0.2, 0.25) is 0 Å². The molecule has 1 saturated heterocycles. The van der Waals surface area contributed by atoms with Crippen LogP contribution in [-0.4, -0.2) is 58.6 Å². The van der Waals surface area contributed by atoms with E-state index in [0.717, 1.165) is 43.9 Å². The van der Waals surface area contributed by atoms with E-state index in [2.05, 4.69) is 20.9 Å². The number of hydrogen-bond acceptors (Lipinski definition) is 5. The van der Waals surface area contributed by atoms with Gasteiger partial charge in [0.2, 0.25) is 0 Å². The van der Waals surface area contributed by atoms with E-state index < -0.39 is 11.7 Å². The molecule has 1 aliphatic rings. The predicted octanol–water partition coefficient (Wildman–Crippen LogP) is 4.45. The average molecular weight is 470 g/mol. The molecule has 0 radical (unpaired) electrons. The Bertz CT molecular complexity index is 1070. The van der Waals surface area contributed by atoms with E-state index in [9.17, 15) is 18.0 Å². The number of benzene rings is 1. The lowest BCUT2D eigenvalue weighted by Crippen LogP contribution is -2.49. The highest BCUT2D eigenvalue weighted by Crippen LogP contribution is 2.28. The number of amides is 1. The molecule has 9 heteroatoms. The number of halogens is 3. The van der Waals surface area contributed by atoms with Gasteiger partial charge in [0, 0.05) is 63.4 Å². The van der Waals surface area contributed by atoms with Crippen molar-refractivity contribution in [2.75, 3.05) is 32.7 Å². The van der Waals surface area contributed by atoms with Crippen molar-refractivity contribution < 1.29 is 22.7 Å². The summed E-state index contributed by atoms with van der Waals surface area (Å²) in [5.74, 6) is 0.424.